The van der Waals surface area contributed by atoms with E-state index in [-0.39, 0.29) is 0 Å². The average Bonchev–Trinajstić information content (AvgIpc) is 3.09. The van der Waals surface area contributed by atoms with Crippen LogP contribution in [0.25, 0.3) is 17.1 Å². The molecule has 1 amide bonds. The molecule has 0 aliphatic rings. The van der Waals surface area contributed by atoms with Gasteiger partial charge in [0.2, 0.25) is 0 Å². The van der Waals surface area contributed by atoms with Crippen LogP contribution in [0.15, 0.2) is 66.5 Å². The van der Waals surface area contributed by atoms with Crippen molar-refractivity contribution >= 4 is 40.5 Å². The topological polar surface area (TPSA) is 54.3 Å². The smallest absolute Gasteiger partial charge is 0.409 e. The van der Waals surface area contributed by atoms with Gasteiger partial charge in [-0.2, -0.15) is 0 Å². The third-order valence-corrected chi connectivity index (χ3v) is 5.08. The summed E-state index contributed by atoms with van der Waals surface area (Å²) in [4.78, 5) is 10.9. The molecule has 0 bridgehead atoms. The molecule has 144 valence electrons. The Hall–Kier alpha value is -2.94. The van der Waals surface area contributed by atoms with E-state index >= 15 is 0 Å². The van der Waals surface area contributed by atoms with Gasteiger partial charge in [-0.15, -0.1) is 5.73 Å². The van der Waals surface area contributed by atoms with Crippen molar-refractivity contribution < 1.29 is 9.90 Å². The number of aromatic nitrogens is 1. The van der Waals surface area contributed by atoms with E-state index in [0.717, 1.165) is 35.2 Å². The molecule has 2 aromatic carbocycles. The lowest BCUT2D eigenvalue weighted by Gasteiger charge is -2.13. The van der Waals surface area contributed by atoms with Crippen molar-refractivity contribution in [2.45, 2.75) is 32.1 Å². The van der Waals surface area contributed by atoms with Crippen molar-refractivity contribution in [1.82, 2.24) is 4.57 Å². The number of anilines is 1. The summed E-state index contributed by atoms with van der Waals surface area (Å²) in [6.45, 7) is 2.20. The van der Waals surface area contributed by atoms with Crippen LogP contribution in [0.3, 0.4) is 0 Å². The fourth-order valence-electron chi connectivity index (χ4n) is 3.37. The summed E-state index contributed by atoms with van der Waals surface area (Å²) in [5, 5.41) is 13.0. The fourth-order valence-corrected chi connectivity index (χ4v) is 3.49. The Kier molecular flexibility index (Phi) is 6.59. The van der Waals surface area contributed by atoms with E-state index in [1.165, 1.54) is 5.56 Å². The molecule has 1 aromatic heterocycles. The second-order valence-corrected chi connectivity index (χ2v) is 7.06. The van der Waals surface area contributed by atoms with Gasteiger partial charge >= 0.3 is 6.09 Å². The number of halogens is 1. The standard InChI is InChI=1S/C23H23ClN2O2/c1-2-17(18-10-12-19(24)13-11-18)7-4-3-5-15-26-16-14-20-21(25-23(27)28)8-6-9-22(20)26/h3,6,8-17,25H,2,4,7H2,1H3,(H,27,28). The highest BCUT2D eigenvalue weighted by Crippen LogP contribution is 2.26. The maximum atomic E-state index is 10.9. The number of carboxylic acid groups (broad SMARTS) is 1. The Morgan fingerprint density at radius 3 is 2.75 bits per heavy atom. The van der Waals surface area contributed by atoms with Gasteiger partial charge in [0.1, 0.15) is 0 Å². The zero-order chi connectivity index (χ0) is 19.9. The number of hydrogen-bond donors (Lipinski definition) is 2. The van der Waals surface area contributed by atoms with E-state index in [4.69, 9.17) is 16.7 Å². The molecule has 0 spiro atoms. The van der Waals surface area contributed by atoms with Gasteiger partial charge in [0.05, 0.1) is 17.4 Å². The lowest BCUT2D eigenvalue weighted by atomic mass is 9.92. The highest BCUT2D eigenvalue weighted by Gasteiger charge is 2.08. The first-order valence-corrected chi connectivity index (χ1v) is 9.72. The number of allylic oxidation sites excluding steroid dienone is 1. The van der Waals surface area contributed by atoms with Crippen LogP contribution in [0, 0.1) is 0 Å². The second-order valence-electron chi connectivity index (χ2n) is 6.63. The van der Waals surface area contributed by atoms with Crippen molar-refractivity contribution in [2.75, 3.05) is 5.32 Å². The van der Waals surface area contributed by atoms with E-state index in [2.05, 4.69) is 30.1 Å². The molecule has 2 N–H and O–H groups in total. The summed E-state index contributed by atoms with van der Waals surface area (Å²) >= 11 is 5.97. The first-order valence-electron chi connectivity index (χ1n) is 9.34. The van der Waals surface area contributed by atoms with Crippen LogP contribution in [0.1, 0.15) is 37.7 Å². The quantitative estimate of drug-likeness (QED) is 0.424. The minimum Gasteiger partial charge on any atom is -0.465 e. The zero-order valence-corrected chi connectivity index (χ0v) is 16.5. The van der Waals surface area contributed by atoms with Gasteiger partial charge in [0.25, 0.3) is 0 Å². The molecule has 0 fully saturated rings. The number of benzene rings is 2. The molecule has 1 unspecified atom stereocenters. The molecule has 3 rings (SSSR count). The van der Waals surface area contributed by atoms with Crippen molar-refractivity contribution in [2.24, 2.45) is 0 Å². The number of nitrogens with zero attached hydrogens (tertiary/aromatic N) is 1. The van der Waals surface area contributed by atoms with Gasteiger partial charge in [-0.05, 0) is 67.2 Å². The van der Waals surface area contributed by atoms with Crippen LogP contribution < -0.4 is 5.32 Å². The van der Waals surface area contributed by atoms with Crippen molar-refractivity contribution in [3.8, 4) is 0 Å². The van der Waals surface area contributed by atoms with E-state index in [1.807, 2.05) is 53.4 Å². The van der Waals surface area contributed by atoms with E-state index in [1.54, 1.807) is 6.07 Å². The third-order valence-electron chi connectivity index (χ3n) is 4.83. The molecule has 0 radical (unpaired) electrons. The van der Waals surface area contributed by atoms with Gasteiger partial charge in [0, 0.05) is 16.6 Å². The summed E-state index contributed by atoms with van der Waals surface area (Å²) < 4.78 is 1.94. The molecule has 3 aromatic rings. The number of nitrogens with one attached hydrogen (secondary N) is 1. The van der Waals surface area contributed by atoms with Gasteiger partial charge in [-0.25, -0.2) is 4.79 Å². The number of hydrogen-bond acceptors (Lipinski definition) is 1. The molecule has 28 heavy (non-hydrogen) atoms. The molecular weight excluding hydrogens is 372 g/mol. The number of amides is 1. The van der Waals surface area contributed by atoms with Crippen molar-refractivity contribution in [3.63, 3.8) is 0 Å². The minimum absolute atomic E-state index is 0.507. The van der Waals surface area contributed by atoms with Crippen molar-refractivity contribution in [1.29, 1.82) is 0 Å². The molecule has 0 saturated heterocycles. The fraction of sp³-hybridized carbons (Fsp3) is 0.217. The van der Waals surface area contributed by atoms with Crippen LogP contribution in [0.5, 0.6) is 0 Å². The van der Waals surface area contributed by atoms with Gasteiger partial charge in [-0.1, -0.05) is 36.7 Å². The lowest BCUT2D eigenvalue weighted by molar-refractivity contribution is 0.210. The van der Waals surface area contributed by atoms with Crippen LogP contribution >= 0.6 is 11.6 Å². The molecule has 1 atom stereocenters. The monoisotopic (exact) mass is 394 g/mol. The normalized spacial score (nSPS) is 11.6. The molecule has 0 aliphatic heterocycles. The van der Waals surface area contributed by atoms with E-state index in [9.17, 15) is 4.79 Å². The SMILES string of the molecule is CCC(CCC=C=Cn1ccc2c(NC(=O)O)cccc21)c1ccc(Cl)cc1. The number of carbonyl (C=O) groups is 1. The van der Waals surface area contributed by atoms with Gasteiger partial charge in [0.15, 0.2) is 0 Å². The predicted molar refractivity (Wildman–Crippen MR) is 116 cm³/mol. The number of rotatable bonds is 7. The summed E-state index contributed by atoms with van der Waals surface area (Å²) in [7, 11) is 0. The Labute approximate surface area is 169 Å². The van der Waals surface area contributed by atoms with Crippen LogP contribution in [-0.2, 0) is 0 Å². The first kappa shape index (κ1) is 19.8. The zero-order valence-electron chi connectivity index (χ0n) is 15.7. The van der Waals surface area contributed by atoms with Gasteiger partial charge < -0.3 is 9.67 Å². The summed E-state index contributed by atoms with van der Waals surface area (Å²) in [5.41, 5.74) is 6.06. The highest BCUT2D eigenvalue weighted by atomic mass is 35.5. The molecule has 1 heterocycles. The summed E-state index contributed by atoms with van der Waals surface area (Å²) in [5.74, 6) is 0.507. The van der Waals surface area contributed by atoms with Crippen LogP contribution in [-0.4, -0.2) is 15.8 Å². The molecule has 0 saturated carbocycles. The Morgan fingerprint density at radius 1 is 1.25 bits per heavy atom. The summed E-state index contributed by atoms with van der Waals surface area (Å²) in [6, 6.07) is 15.5. The van der Waals surface area contributed by atoms with Crippen LogP contribution in [0.2, 0.25) is 5.02 Å². The van der Waals surface area contributed by atoms with Gasteiger partial charge in [-0.3, -0.25) is 5.32 Å². The third kappa shape index (κ3) is 4.86. The van der Waals surface area contributed by atoms with E-state index < -0.39 is 6.09 Å². The Bertz CT molecular complexity index is 1010. The number of fused-ring (bicyclic) bond motifs is 1. The highest BCUT2D eigenvalue weighted by molar-refractivity contribution is 6.30. The molecule has 0 aliphatic carbocycles. The lowest BCUT2D eigenvalue weighted by Crippen LogP contribution is -2.07. The van der Waals surface area contributed by atoms with Crippen molar-refractivity contribution in [3.05, 3.63) is 77.1 Å². The Morgan fingerprint density at radius 2 is 2.04 bits per heavy atom. The molecule has 5 heteroatoms. The van der Waals surface area contributed by atoms with E-state index in [0.29, 0.717) is 11.6 Å². The minimum atomic E-state index is -1.07. The average molecular weight is 395 g/mol. The molecular formula is C23H23ClN2O2. The van der Waals surface area contributed by atoms with Crippen LogP contribution in [0.4, 0.5) is 10.5 Å². The largest absolute Gasteiger partial charge is 0.465 e. The second kappa shape index (κ2) is 9.32. The molecule has 4 nitrogen and oxygen atoms in total. The summed E-state index contributed by atoms with van der Waals surface area (Å²) in [6.07, 6.45) is 7.82. The maximum Gasteiger partial charge on any atom is 0.409 e. The Balaban J connectivity index is 1.67. The predicted octanol–water partition coefficient (Wildman–Crippen LogP) is 6.98. The maximum absolute atomic E-state index is 10.9. The first-order chi connectivity index (χ1) is 13.6.